The summed E-state index contributed by atoms with van der Waals surface area (Å²) >= 11 is 0. The number of hydrogen-bond acceptors (Lipinski definition) is 3. The van der Waals surface area contributed by atoms with Gasteiger partial charge < -0.3 is 5.32 Å². The first-order chi connectivity index (χ1) is 11.3. The molecule has 1 aliphatic carbocycles. The number of nitrogens with zero attached hydrogens (tertiary/aromatic N) is 3. The Labute approximate surface area is 136 Å². The Hall–Kier alpha value is -2.58. The maximum absolute atomic E-state index is 12.7. The van der Waals surface area contributed by atoms with Crippen LogP contribution in [0.5, 0.6) is 0 Å². The Morgan fingerprint density at radius 1 is 1.33 bits per heavy atom. The minimum Gasteiger partial charge on any atom is -0.335 e. The van der Waals surface area contributed by atoms with Crippen LogP contribution < -0.4 is 10.6 Å². The minimum atomic E-state index is -4.52. The van der Waals surface area contributed by atoms with E-state index in [1.54, 1.807) is 0 Å². The van der Waals surface area contributed by atoms with E-state index in [2.05, 4.69) is 20.7 Å². The molecular weight excluding hydrogens is 323 g/mol. The van der Waals surface area contributed by atoms with Gasteiger partial charge in [-0.05, 0) is 37.8 Å². The van der Waals surface area contributed by atoms with Gasteiger partial charge in [0.1, 0.15) is 5.69 Å². The van der Waals surface area contributed by atoms with Crippen LogP contribution in [0, 0.1) is 5.92 Å². The standard InChI is InChI=1S/C15H16F3N5O/c1-9(10-5-6-10)19-14(24)21-12-7-8-23(22-12)13-4-2-3-11(20-13)15(16,17)18/h2-4,7-10H,5-6H2,1H3,(H2,19,21,22,24)/t9-/m0/s1. The van der Waals surface area contributed by atoms with Gasteiger partial charge in [-0.15, -0.1) is 5.10 Å². The van der Waals surface area contributed by atoms with Crippen LogP contribution in [0.1, 0.15) is 25.5 Å². The van der Waals surface area contributed by atoms with Crippen LogP contribution in [0.25, 0.3) is 5.82 Å². The molecule has 2 heterocycles. The first-order valence-corrected chi connectivity index (χ1v) is 7.51. The van der Waals surface area contributed by atoms with Crippen LogP contribution in [0.3, 0.4) is 0 Å². The molecule has 0 saturated heterocycles. The summed E-state index contributed by atoms with van der Waals surface area (Å²) < 4.78 is 39.3. The third kappa shape index (κ3) is 3.84. The molecule has 1 atom stereocenters. The van der Waals surface area contributed by atoms with Gasteiger partial charge in [0.2, 0.25) is 0 Å². The van der Waals surface area contributed by atoms with Crippen molar-refractivity contribution in [1.29, 1.82) is 0 Å². The lowest BCUT2D eigenvalue weighted by Gasteiger charge is -2.12. The maximum atomic E-state index is 12.7. The van der Waals surface area contributed by atoms with E-state index in [9.17, 15) is 18.0 Å². The van der Waals surface area contributed by atoms with Gasteiger partial charge in [-0.3, -0.25) is 5.32 Å². The lowest BCUT2D eigenvalue weighted by atomic mass is 10.2. The molecule has 3 rings (SSSR count). The highest BCUT2D eigenvalue weighted by Crippen LogP contribution is 2.32. The average molecular weight is 339 g/mol. The first kappa shape index (κ1) is 16.3. The van der Waals surface area contributed by atoms with E-state index < -0.39 is 17.9 Å². The second-order valence-corrected chi connectivity index (χ2v) is 5.75. The van der Waals surface area contributed by atoms with Crippen molar-refractivity contribution in [3.05, 3.63) is 36.2 Å². The lowest BCUT2D eigenvalue weighted by Crippen LogP contribution is -2.37. The van der Waals surface area contributed by atoms with Crippen molar-refractivity contribution in [2.75, 3.05) is 5.32 Å². The number of anilines is 1. The van der Waals surface area contributed by atoms with Gasteiger partial charge in [-0.25, -0.2) is 14.5 Å². The Bertz CT molecular complexity index is 739. The zero-order valence-electron chi connectivity index (χ0n) is 12.8. The van der Waals surface area contributed by atoms with Crippen LogP contribution in [-0.2, 0) is 6.18 Å². The van der Waals surface area contributed by atoms with Crippen LogP contribution in [0.2, 0.25) is 0 Å². The molecule has 0 aromatic carbocycles. The van der Waals surface area contributed by atoms with Crippen LogP contribution >= 0.6 is 0 Å². The summed E-state index contributed by atoms with van der Waals surface area (Å²) in [6.45, 7) is 1.93. The summed E-state index contributed by atoms with van der Waals surface area (Å²) in [6.07, 6.45) is -0.875. The molecule has 1 aliphatic rings. The van der Waals surface area contributed by atoms with Crippen molar-refractivity contribution in [1.82, 2.24) is 20.1 Å². The van der Waals surface area contributed by atoms with E-state index in [0.29, 0.717) is 5.92 Å². The number of rotatable bonds is 4. The van der Waals surface area contributed by atoms with E-state index in [1.807, 2.05) is 6.92 Å². The molecule has 0 aliphatic heterocycles. The Morgan fingerprint density at radius 3 is 2.75 bits per heavy atom. The fourth-order valence-electron chi connectivity index (χ4n) is 2.30. The summed E-state index contributed by atoms with van der Waals surface area (Å²) in [4.78, 5) is 15.4. The quantitative estimate of drug-likeness (QED) is 0.898. The van der Waals surface area contributed by atoms with Gasteiger partial charge in [0.15, 0.2) is 11.6 Å². The molecule has 2 N–H and O–H groups in total. The number of pyridine rings is 1. The second kappa shape index (κ2) is 6.14. The number of aromatic nitrogens is 3. The number of hydrogen-bond donors (Lipinski definition) is 2. The lowest BCUT2D eigenvalue weighted by molar-refractivity contribution is -0.141. The predicted molar refractivity (Wildman–Crippen MR) is 80.7 cm³/mol. The predicted octanol–water partition coefficient (Wildman–Crippen LogP) is 3.21. The molecule has 24 heavy (non-hydrogen) atoms. The Kier molecular flexibility index (Phi) is 4.16. The smallest absolute Gasteiger partial charge is 0.335 e. The van der Waals surface area contributed by atoms with Gasteiger partial charge in [0, 0.05) is 18.3 Å². The minimum absolute atomic E-state index is 0.0182. The summed E-state index contributed by atoms with van der Waals surface area (Å²) in [5.41, 5.74) is -0.999. The number of urea groups is 1. The molecule has 9 heteroatoms. The average Bonchev–Trinajstić information content (AvgIpc) is 3.27. The number of nitrogens with one attached hydrogen (secondary N) is 2. The normalized spacial score (nSPS) is 15.8. The van der Waals surface area contributed by atoms with E-state index in [0.717, 1.165) is 18.9 Å². The molecule has 1 saturated carbocycles. The zero-order chi connectivity index (χ0) is 17.3. The third-order valence-electron chi connectivity index (χ3n) is 3.78. The number of amides is 2. The molecule has 0 spiro atoms. The Morgan fingerprint density at radius 2 is 2.08 bits per heavy atom. The highest BCUT2D eigenvalue weighted by molar-refractivity contribution is 5.88. The molecule has 0 bridgehead atoms. The molecule has 0 unspecified atom stereocenters. The van der Waals surface area contributed by atoms with Crippen molar-refractivity contribution in [3.8, 4) is 5.82 Å². The highest BCUT2D eigenvalue weighted by Gasteiger charge is 2.32. The Balaban J connectivity index is 1.68. The molecule has 6 nitrogen and oxygen atoms in total. The molecule has 2 amide bonds. The molecule has 2 aromatic rings. The largest absolute Gasteiger partial charge is 0.433 e. The van der Waals surface area contributed by atoms with Gasteiger partial charge >= 0.3 is 12.2 Å². The van der Waals surface area contributed by atoms with Crippen LogP contribution in [-0.4, -0.2) is 26.8 Å². The van der Waals surface area contributed by atoms with Crippen molar-refractivity contribution < 1.29 is 18.0 Å². The fourth-order valence-corrected chi connectivity index (χ4v) is 2.30. The number of carbonyl (C=O) groups excluding carboxylic acids is 1. The van der Waals surface area contributed by atoms with E-state index >= 15 is 0 Å². The second-order valence-electron chi connectivity index (χ2n) is 5.75. The number of carbonyl (C=O) groups is 1. The van der Waals surface area contributed by atoms with E-state index in [4.69, 9.17) is 0 Å². The maximum Gasteiger partial charge on any atom is 0.433 e. The molecule has 1 fully saturated rings. The molecular formula is C15H16F3N5O. The SMILES string of the molecule is C[C@H](NC(=O)Nc1ccn(-c2cccc(C(F)(F)F)n2)n1)C1CC1. The summed E-state index contributed by atoms with van der Waals surface area (Å²) in [7, 11) is 0. The monoisotopic (exact) mass is 339 g/mol. The zero-order valence-corrected chi connectivity index (χ0v) is 12.8. The fraction of sp³-hybridized carbons (Fsp3) is 0.400. The summed E-state index contributed by atoms with van der Waals surface area (Å²) in [5, 5.41) is 9.39. The highest BCUT2D eigenvalue weighted by atomic mass is 19.4. The van der Waals surface area contributed by atoms with Crippen molar-refractivity contribution in [2.24, 2.45) is 5.92 Å². The number of alkyl halides is 3. The van der Waals surface area contributed by atoms with Gasteiger partial charge in [0.05, 0.1) is 0 Å². The van der Waals surface area contributed by atoms with Crippen LogP contribution in [0.15, 0.2) is 30.5 Å². The van der Waals surface area contributed by atoms with Gasteiger partial charge in [0.25, 0.3) is 0 Å². The number of halogens is 3. The van der Waals surface area contributed by atoms with E-state index in [-0.39, 0.29) is 17.7 Å². The topological polar surface area (TPSA) is 71.8 Å². The first-order valence-electron chi connectivity index (χ1n) is 7.51. The molecule has 128 valence electrons. The molecule has 0 radical (unpaired) electrons. The van der Waals surface area contributed by atoms with Crippen LogP contribution in [0.4, 0.5) is 23.8 Å². The van der Waals surface area contributed by atoms with Crippen molar-refractivity contribution >= 4 is 11.8 Å². The van der Waals surface area contributed by atoms with Gasteiger partial charge in [-0.2, -0.15) is 13.2 Å². The molecule has 2 aromatic heterocycles. The summed E-state index contributed by atoms with van der Waals surface area (Å²) in [5.74, 6) is 0.766. The van der Waals surface area contributed by atoms with Gasteiger partial charge in [-0.1, -0.05) is 6.07 Å². The van der Waals surface area contributed by atoms with Crippen molar-refractivity contribution in [2.45, 2.75) is 32.0 Å². The third-order valence-corrected chi connectivity index (χ3v) is 3.78. The summed E-state index contributed by atoms with van der Waals surface area (Å²) in [6, 6.07) is 4.72. The van der Waals surface area contributed by atoms with Crippen molar-refractivity contribution in [3.63, 3.8) is 0 Å². The van der Waals surface area contributed by atoms with E-state index in [1.165, 1.54) is 29.1 Å².